The van der Waals surface area contributed by atoms with E-state index < -0.39 is 0 Å². The van der Waals surface area contributed by atoms with Gasteiger partial charge in [-0.3, -0.25) is 0 Å². The van der Waals surface area contributed by atoms with Crippen LogP contribution in [0.2, 0.25) is 5.02 Å². The Morgan fingerprint density at radius 2 is 2.12 bits per heavy atom. The fraction of sp³-hybridized carbons (Fsp3) is 0.583. The molecule has 0 aliphatic rings. The number of nitrogens with zero attached hydrogens (tertiary/aromatic N) is 1. The predicted octanol–water partition coefficient (Wildman–Crippen LogP) is 3.41. The lowest BCUT2D eigenvalue weighted by molar-refractivity contribution is 0.269. The molecule has 3 N–H and O–H groups in total. The summed E-state index contributed by atoms with van der Waals surface area (Å²) in [6.07, 6.45) is 1.60. The van der Waals surface area contributed by atoms with Gasteiger partial charge in [0, 0.05) is 12.7 Å². The van der Waals surface area contributed by atoms with Gasteiger partial charge in [-0.2, -0.15) is 0 Å². The molecule has 0 aliphatic heterocycles. The van der Waals surface area contributed by atoms with Gasteiger partial charge in [-0.15, -0.1) is 0 Å². The van der Waals surface area contributed by atoms with Gasteiger partial charge >= 0.3 is 0 Å². The van der Waals surface area contributed by atoms with E-state index in [1.807, 2.05) is 0 Å². The van der Waals surface area contributed by atoms with Crippen LogP contribution in [0.25, 0.3) is 0 Å². The maximum Gasteiger partial charge on any atom is 0.149 e. The van der Waals surface area contributed by atoms with Crippen LogP contribution in [0.15, 0.2) is 12.3 Å². The highest BCUT2D eigenvalue weighted by Crippen LogP contribution is 2.27. The minimum atomic E-state index is 0.202. The standard InChI is InChI=1S/C12H20ClN3/c1-8(2)12(3,4)7-16-11-10(14)5-9(13)6-15-11/h5-6,8H,7,14H2,1-4H3,(H,15,16). The van der Waals surface area contributed by atoms with Crippen LogP contribution in [-0.4, -0.2) is 11.5 Å². The fourth-order valence-electron chi connectivity index (χ4n) is 1.12. The van der Waals surface area contributed by atoms with Crippen LogP contribution in [0, 0.1) is 11.3 Å². The van der Waals surface area contributed by atoms with E-state index in [4.69, 9.17) is 17.3 Å². The Labute approximate surface area is 102 Å². The average Bonchev–Trinajstić information content (AvgIpc) is 2.16. The molecule has 1 aromatic rings. The molecule has 16 heavy (non-hydrogen) atoms. The number of halogens is 1. The summed E-state index contributed by atoms with van der Waals surface area (Å²) < 4.78 is 0. The van der Waals surface area contributed by atoms with Crippen molar-refractivity contribution in [2.45, 2.75) is 27.7 Å². The van der Waals surface area contributed by atoms with E-state index in [0.29, 0.717) is 22.4 Å². The van der Waals surface area contributed by atoms with Gasteiger partial charge in [0.15, 0.2) is 0 Å². The summed E-state index contributed by atoms with van der Waals surface area (Å²) >= 11 is 5.79. The molecule has 0 saturated heterocycles. The molecule has 0 saturated carbocycles. The van der Waals surface area contributed by atoms with Crippen molar-refractivity contribution in [3.05, 3.63) is 17.3 Å². The molecule has 0 unspecified atom stereocenters. The minimum absolute atomic E-state index is 0.202. The van der Waals surface area contributed by atoms with Gasteiger partial charge in [0.2, 0.25) is 0 Å². The first-order valence-corrected chi connectivity index (χ1v) is 5.85. The zero-order valence-corrected chi connectivity index (χ0v) is 11.1. The maximum absolute atomic E-state index is 5.82. The summed E-state index contributed by atoms with van der Waals surface area (Å²) in [4.78, 5) is 4.17. The molecule has 0 bridgehead atoms. The van der Waals surface area contributed by atoms with Crippen LogP contribution in [0.3, 0.4) is 0 Å². The zero-order valence-electron chi connectivity index (χ0n) is 10.3. The van der Waals surface area contributed by atoms with E-state index in [0.717, 1.165) is 6.54 Å². The van der Waals surface area contributed by atoms with Gasteiger partial charge in [-0.05, 0) is 17.4 Å². The van der Waals surface area contributed by atoms with Crippen LogP contribution in [0.4, 0.5) is 11.5 Å². The van der Waals surface area contributed by atoms with Crippen molar-refractivity contribution in [2.24, 2.45) is 11.3 Å². The number of nitrogen functional groups attached to an aromatic ring is 1. The topological polar surface area (TPSA) is 50.9 Å². The average molecular weight is 242 g/mol. The fourth-order valence-corrected chi connectivity index (χ4v) is 1.28. The van der Waals surface area contributed by atoms with Gasteiger partial charge in [0.05, 0.1) is 10.7 Å². The Morgan fingerprint density at radius 1 is 1.50 bits per heavy atom. The van der Waals surface area contributed by atoms with Crippen LogP contribution in [0.1, 0.15) is 27.7 Å². The Balaban J connectivity index is 2.68. The largest absolute Gasteiger partial charge is 0.396 e. The normalized spacial score (nSPS) is 11.9. The van der Waals surface area contributed by atoms with Crippen molar-refractivity contribution < 1.29 is 0 Å². The van der Waals surface area contributed by atoms with Crippen LogP contribution in [-0.2, 0) is 0 Å². The third kappa shape index (κ3) is 3.27. The third-order valence-corrected chi connectivity index (χ3v) is 3.36. The van der Waals surface area contributed by atoms with Crippen molar-refractivity contribution in [3.63, 3.8) is 0 Å². The highest BCUT2D eigenvalue weighted by Gasteiger charge is 2.22. The summed E-state index contributed by atoms with van der Waals surface area (Å²) in [6.45, 7) is 9.69. The molecule has 0 aliphatic carbocycles. The summed E-state index contributed by atoms with van der Waals surface area (Å²) in [6, 6.07) is 1.71. The quantitative estimate of drug-likeness (QED) is 0.850. The Kier molecular flexibility index (Phi) is 4.03. The molecule has 0 fully saturated rings. The van der Waals surface area contributed by atoms with Crippen LogP contribution in [0.5, 0.6) is 0 Å². The number of pyridine rings is 1. The lowest BCUT2D eigenvalue weighted by Gasteiger charge is -2.29. The molecule has 4 heteroatoms. The van der Waals surface area contributed by atoms with Gasteiger partial charge in [0.1, 0.15) is 5.82 Å². The summed E-state index contributed by atoms with van der Waals surface area (Å²) in [5.74, 6) is 1.30. The van der Waals surface area contributed by atoms with Crippen LogP contribution < -0.4 is 11.1 Å². The Bertz CT molecular complexity index is 361. The smallest absolute Gasteiger partial charge is 0.149 e. The molecule has 1 heterocycles. The number of hydrogen-bond acceptors (Lipinski definition) is 3. The van der Waals surface area contributed by atoms with Crippen LogP contribution >= 0.6 is 11.6 Å². The van der Waals surface area contributed by atoms with Crippen molar-refractivity contribution in [1.82, 2.24) is 4.98 Å². The maximum atomic E-state index is 5.82. The van der Waals surface area contributed by atoms with E-state index in [-0.39, 0.29) is 5.41 Å². The molecule has 1 aromatic heterocycles. The van der Waals surface area contributed by atoms with Gasteiger partial charge in [-0.25, -0.2) is 4.98 Å². The second kappa shape index (κ2) is 4.91. The Hall–Kier alpha value is -0.960. The number of nitrogens with two attached hydrogens (primary N) is 1. The minimum Gasteiger partial charge on any atom is -0.396 e. The second-order valence-electron chi connectivity index (χ2n) is 5.09. The molecule has 0 spiro atoms. The molecule has 0 atom stereocenters. The molecule has 90 valence electrons. The van der Waals surface area contributed by atoms with E-state index in [1.165, 1.54) is 0 Å². The van der Waals surface area contributed by atoms with E-state index in [9.17, 15) is 0 Å². The summed E-state index contributed by atoms with van der Waals surface area (Å²) in [5, 5.41) is 3.83. The molecule has 0 aromatic carbocycles. The lowest BCUT2D eigenvalue weighted by atomic mass is 9.81. The number of nitrogens with one attached hydrogen (secondary N) is 1. The first kappa shape index (κ1) is 13.1. The van der Waals surface area contributed by atoms with Crippen molar-refractivity contribution in [3.8, 4) is 0 Å². The van der Waals surface area contributed by atoms with E-state index in [1.54, 1.807) is 12.3 Å². The number of hydrogen-bond donors (Lipinski definition) is 2. The molecule has 1 rings (SSSR count). The number of aromatic nitrogens is 1. The molecular weight excluding hydrogens is 222 g/mol. The summed E-state index contributed by atoms with van der Waals surface area (Å²) in [7, 11) is 0. The van der Waals surface area contributed by atoms with Crippen molar-refractivity contribution in [1.29, 1.82) is 0 Å². The highest BCUT2D eigenvalue weighted by molar-refractivity contribution is 6.30. The van der Waals surface area contributed by atoms with Gasteiger partial charge < -0.3 is 11.1 Å². The monoisotopic (exact) mass is 241 g/mol. The third-order valence-electron chi connectivity index (χ3n) is 3.16. The molecule has 0 radical (unpaired) electrons. The lowest BCUT2D eigenvalue weighted by Crippen LogP contribution is -2.29. The number of rotatable bonds is 4. The zero-order chi connectivity index (χ0) is 12.3. The van der Waals surface area contributed by atoms with Gasteiger partial charge in [0.25, 0.3) is 0 Å². The van der Waals surface area contributed by atoms with Crippen molar-refractivity contribution in [2.75, 3.05) is 17.6 Å². The number of anilines is 2. The van der Waals surface area contributed by atoms with E-state index >= 15 is 0 Å². The van der Waals surface area contributed by atoms with Gasteiger partial charge in [-0.1, -0.05) is 39.3 Å². The predicted molar refractivity (Wildman–Crippen MR) is 70.8 cm³/mol. The van der Waals surface area contributed by atoms with Crippen molar-refractivity contribution >= 4 is 23.1 Å². The summed E-state index contributed by atoms with van der Waals surface area (Å²) in [5.41, 5.74) is 6.61. The molecule has 0 amide bonds. The first-order chi connectivity index (χ1) is 7.33. The SMILES string of the molecule is CC(C)C(C)(C)CNc1ncc(Cl)cc1N. The molecule has 3 nitrogen and oxygen atoms in total. The second-order valence-corrected chi connectivity index (χ2v) is 5.52. The Morgan fingerprint density at radius 3 is 2.62 bits per heavy atom. The first-order valence-electron chi connectivity index (χ1n) is 5.48. The molecular formula is C12H20ClN3. The van der Waals surface area contributed by atoms with E-state index in [2.05, 4.69) is 38.0 Å². The highest BCUT2D eigenvalue weighted by atomic mass is 35.5.